The first-order chi connectivity index (χ1) is 12.8. The maximum atomic E-state index is 13.2. The number of rotatable bonds is 3. The lowest BCUT2D eigenvalue weighted by Gasteiger charge is -2.43. The SMILES string of the molecule is O=C1CN(Cc2ccc(F)cc2)[C@@H]2CS(=O)(=O)C[C@@H]2N1c1cccc(Cl)c1. The molecule has 0 spiro atoms. The van der Waals surface area contributed by atoms with Gasteiger partial charge in [-0.1, -0.05) is 29.8 Å². The largest absolute Gasteiger partial charge is 0.306 e. The Balaban J connectivity index is 1.66. The molecule has 142 valence electrons. The molecule has 0 N–H and O–H groups in total. The summed E-state index contributed by atoms with van der Waals surface area (Å²) in [5.74, 6) is -0.571. The smallest absolute Gasteiger partial charge is 0.241 e. The fourth-order valence-electron chi connectivity index (χ4n) is 3.92. The molecule has 0 radical (unpaired) electrons. The van der Waals surface area contributed by atoms with Gasteiger partial charge in [0, 0.05) is 23.3 Å². The number of halogens is 2. The molecule has 2 heterocycles. The molecule has 2 saturated heterocycles. The Bertz CT molecular complexity index is 981. The van der Waals surface area contributed by atoms with Crippen LogP contribution in [0, 0.1) is 5.82 Å². The molecule has 8 heteroatoms. The predicted octanol–water partition coefficient (Wildman–Crippen LogP) is 2.49. The van der Waals surface area contributed by atoms with E-state index in [0.29, 0.717) is 17.3 Å². The van der Waals surface area contributed by atoms with Gasteiger partial charge in [0.05, 0.1) is 24.1 Å². The number of carbonyl (C=O) groups excluding carboxylic acids is 1. The second kappa shape index (κ2) is 6.89. The van der Waals surface area contributed by atoms with Gasteiger partial charge in [-0.25, -0.2) is 12.8 Å². The molecule has 0 aromatic heterocycles. The molecule has 2 aromatic carbocycles. The Morgan fingerprint density at radius 1 is 1.07 bits per heavy atom. The number of hydrogen-bond acceptors (Lipinski definition) is 4. The van der Waals surface area contributed by atoms with E-state index < -0.39 is 15.9 Å². The van der Waals surface area contributed by atoms with E-state index in [2.05, 4.69) is 0 Å². The molecule has 2 aliphatic rings. The summed E-state index contributed by atoms with van der Waals surface area (Å²) in [6.07, 6.45) is 0. The number of anilines is 1. The van der Waals surface area contributed by atoms with Crippen LogP contribution in [0.3, 0.4) is 0 Å². The second-order valence-electron chi connectivity index (χ2n) is 6.99. The number of fused-ring (bicyclic) bond motifs is 1. The van der Waals surface area contributed by atoms with E-state index >= 15 is 0 Å². The third-order valence-electron chi connectivity index (χ3n) is 5.09. The zero-order valence-corrected chi connectivity index (χ0v) is 16.0. The number of hydrogen-bond donors (Lipinski definition) is 0. The minimum absolute atomic E-state index is 0.00318. The van der Waals surface area contributed by atoms with Crippen molar-refractivity contribution >= 4 is 33.0 Å². The van der Waals surface area contributed by atoms with Crippen LogP contribution in [-0.4, -0.2) is 49.4 Å². The lowest BCUT2D eigenvalue weighted by molar-refractivity contribution is -0.123. The monoisotopic (exact) mass is 408 g/mol. The van der Waals surface area contributed by atoms with Crippen LogP contribution in [0.15, 0.2) is 48.5 Å². The average molecular weight is 409 g/mol. The molecule has 0 bridgehead atoms. The van der Waals surface area contributed by atoms with Gasteiger partial charge in [-0.15, -0.1) is 0 Å². The van der Waals surface area contributed by atoms with Gasteiger partial charge < -0.3 is 4.90 Å². The van der Waals surface area contributed by atoms with Crippen LogP contribution < -0.4 is 4.90 Å². The van der Waals surface area contributed by atoms with Crippen LogP contribution in [-0.2, 0) is 21.2 Å². The van der Waals surface area contributed by atoms with Gasteiger partial charge in [0.2, 0.25) is 5.91 Å². The van der Waals surface area contributed by atoms with Crippen LogP contribution in [0.25, 0.3) is 0 Å². The molecular weight excluding hydrogens is 391 g/mol. The highest BCUT2D eigenvalue weighted by Gasteiger charge is 2.49. The van der Waals surface area contributed by atoms with E-state index in [1.807, 2.05) is 4.90 Å². The highest BCUT2D eigenvalue weighted by Crippen LogP contribution is 2.33. The molecule has 4 rings (SSSR count). The highest BCUT2D eigenvalue weighted by atomic mass is 35.5. The number of sulfone groups is 1. The first kappa shape index (κ1) is 18.4. The Morgan fingerprint density at radius 2 is 1.78 bits per heavy atom. The van der Waals surface area contributed by atoms with Gasteiger partial charge in [0.15, 0.2) is 9.84 Å². The minimum atomic E-state index is -3.26. The molecule has 27 heavy (non-hydrogen) atoms. The van der Waals surface area contributed by atoms with Crippen molar-refractivity contribution in [2.24, 2.45) is 0 Å². The van der Waals surface area contributed by atoms with Gasteiger partial charge in [0.25, 0.3) is 0 Å². The molecule has 1 amide bonds. The lowest BCUT2D eigenvalue weighted by atomic mass is 10.0. The summed E-state index contributed by atoms with van der Waals surface area (Å²) >= 11 is 6.06. The summed E-state index contributed by atoms with van der Waals surface area (Å²) in [7, 11) is -3.26. The van der Waals surface area contributed by atoms with Crippen molar-refractivity contribution in [1.82, 2.24) is 4.90 Å². The van der Waals surface area contributed by atoms with E-state index in [-0.39, 0.29) is 35.8 Å². The van der Waals surface area contributed by atoms with Crippen molar-refractivity contribution in [3.8, 4) is 0 Å². The van der Waals surface area contributed by atoms with E-state index in [0.717, 1.165) is 5.56 Å². The molecule has 5 nitrogen and oxygen atoms in total. The number of benzene rings is 2. The number of nitrogens with zero attached hydrogens (tertiary/aromatic N) is 2. The maximum Gasteiger partial charge on any atom is 0.241 e. The van der Waals surface area contributed by atoms with E-state index in [4.69, 9.17) is 11.6 Å². The van der Waals surface area contributed by atoms with Crippen LogP contribution in [0.4, 0.5) is 10.1 Å². The zero-order valence-electron chi connectivity index (χ0n) is 14.4. The Hall–Kier alpha value is -1.96. The van der Waals surface area contributed by atoms with Crippen molar-refractivity contribution in [2.45, 2.75) is 18.6 Å². The van der Waals surface area contributed by atoms with Gasteiger partial charge in [-0.05, 0) is 35.9 Å². The molecule has 2 aromatic rings. The van der Waals surface area contributed by atoms with Crippen LogP contribution >= 0.6 is 11.6 Å². The van der Waals surface area contributed by atoms with Crippen LogP contribution in [0.5, 0.6) is 0 Å². The summed E-state index contributed by atoms with van der Waals surface area (Å²) in [5.41, 5.74) is 1.45. The quantitative estimate of drug-likeness (QED) is 0.783. The third-order valence-corrected chi connectivity index (χ3v) is 7.02. The number of amides is 1. The Labute approximate surface area is 162 Å². The van der Waals surface area contributed by atoms with Crippen LogP contribution in [0.1, 0.15) is 5.56 Å². The Morgan fingerprint density at radius 3 is 2.48 bits per heavy atom. The van der Waals surface area contributed by atoms with Crippen molar-refractivity contribution < 1.29 is 17.6 Å². The summed E-state index contributed by atoms with van der Waals surface area (Å²) in [4.78, 5) is 16.4. The average Bonchev–Trinajstić information content (AvgIpc) is 2.92. The summed E-state index contributed by atoms with van der Waals surface area (Å²) in [6.45, 7) is 0.493. The van der Waals surface area contributed by atoms with Gasteiger partial charge in [-0.2, -0.15) is 0 Å². The van der Waals surface area contributed by atoms with E-state index in [9.17, 15) is 17.6 Å². The minimum Gasteiger partial charge on any atom is -0.306 e. The third kappa shape index (κ3) is 3.72. The maximum absolute atomic E-state index is 13.2. The normalized spacial score (nSPS) is 24.8. The first-order valence-electron chi connectivity index (χ1n) is 8.59. The first-order valence-corrected chi connectivity index (χ1v) is 10.8. The fourth-order valence-corrected chi connectivity index (χ4v) is 6.08. The molecule has 0 unspecified atom stereocenters. The highest BCUT2D eigenvalue weighted by molar-refractivity contribution is 7.91. The number of piperazine rings is 1. The Kier molecular flexibility index (Phi) is 4.70. The van der Waals surface area contributed by atoms with Crippen molar-refractivity contribution in [1.29, 1.82) is 0 Å². The molecule has 2 atom stereocenters. The molecule has 0 saturated carbocycles. The van der Waals surface area contributed by atoms with Crippen molar-refractivity contribution in [3.63, 3.8) is 0 Å². The predicted molar refractivity (Wildman–Crippen MR) is 102 cm³/mol. The standard InChI is InChI=1S/C19H18ClFN2O3S/c20-14-2-1-3-16(8-14)23-18-12-27(25,26)11-17(18)22(10-19(23)24)9-13-4-6-15(21)7-5-13/h1-8,17-18H,9-12H2/t17-,18+/m1/s1. The van der Waals surface area contributed by atoms with E-state index in [1.165, 1.54) is 12.1 Å². The lowest BCUT2D eigenvalue weighted by Crippen LogP contribution is -2.61. The van der Waals surface area contributed by atoms with E-state index in [1.54, 1.807) is 41.3 Å². The van der Waals surface area contributed by atoms with Crippen molar-refractivity contribution in [3.05, 3.63) is 64.9 Å². The van der Waals surface area contributed by atoms with Crippen molar-refractivity contribution in [2.75, 3.05) is 23.0 Å². The second-order valence-corrected chi connectivity index (χ2v) is 9.58. The number of carbonyl (C=O) groups is 1. The molecule has 2 aliphatic heterocycles. The van der Waals surface area contributed by atoms with Gasteiger partial charge in [0.1, 0.15) is 5.82 Å². The van der Waals surface area contributed by atoms with Gasteiger partial charge in [-0.3, -0.25) is 9.69 Å². The summed E-state index contributed by atoms with van der Waals surface area (Å²) in [5, 5.41) is 0.492. The molecular formula is C19H18ClFN2O3S. The fraction of sp³-hybridized carbons (Fsp3) is 0.316. The van der Waals surface area contributed by atoms with Gasteiger partial charge >= 0.3 is 0 Å². The summed E-state index contributed by atoms with van der Waals surface area (Å²) in [6, 6.07) is 12.2. The topological polar surface area (TPSA) is 57.7 Å². The zero-order chi connectivity index (χ0) is 19.2. The van der Waals surface area contributed by atoms with Crippen LogP contribution in [0.2, 0.25) is 5.02 Å². The molecule has 0 aliphatic carbocycles. The summed E-state index contributed by atoms with van der Waals surface area (Å²) < 4.78 is 37.9. The molecule has 2 fully saturated rings.